The van der Waals surface area contributed by atoms with Crippen molar-refractivity contribution >= 4 is 0 Å². The Kier molecular flexibility index (Phi) is 6.03. The number of aryl methyl sites for hydroxylation is 1. The molecule has 1 N–H and O–H groups in total. The van der Waals surface area contributed by atoms with Crippen molar-refractivity contribution in [1.82, 2.24) is 5.32 Å². The second kappa shape index (κ2) is 8.01. The van der Waals surface area contributed by atoms with E-state index >= 15 is 0 Å². The molecule has 0 amide bonds. The van der Waals surface area contributed by atoms with Crippen LogP contribution in [0, 0.1) is 6.92 Å². The van der Waals surface area contributed by atoms with Crippen LogP contribution in [0.2, 0.25) is 0 Å². The summed E-state index contributed by atoms with van der Waals surface area (Å²) in [6.45, 7) is 5.99. The zero-order chi connectivity index (χ0) is 15.1. The van der Waals surface area contributed by atoms with Gasteiger partial charge in [-0.25, -0.2) is 0 Å². The molecule has 0 spiro atoms. The molecule has 1 aromatic heterocycles. The second-order valence-corrected chi connectivity index (χ2v) is 5.34. The minimum absolute atomic E-state index is 0.122. The monoisotopic (exact) mass is 287 g/mol. The number of methoxy groups -OCH3 is 1. The first-order valence-electron chi connectivity index (χ1n) is 7.61. The van der Waals surface area contributed by atoms with E-state index in [-0.39, 0.29) is 6.04 Å². The van der Waals surface area contributed by atoms with Gasteiger partial charge in [0.25, 0.3) is 0 Å². The molecule has 0 bridgehead atoms. The van der Waals surface area contributed by atoms with Crippen molar-refractivity contribution in [2.45, 2.75) is 32.7 Å². The smallest absolute Gasteiger partial charge is 0.128 e. The Hall–Kier alpha value is -1.58. The summed E-state index contributed by atoms with van der Waals surface area (Å²) in [5.74, 6) is 1.01. The van der Waals surface area contributed by atoms with Crippen molar-refractivity contribution in [3.05, 3.63) is 59.0 Å². The fraction of sp³-hybridized carbons (Fsp3) is 0.444. The molecule has 0 saturated carbocycles. The normalized spacial score (nSPS) is 12.5. The van der Waals surface area contributed by atoms with Gasteiger partial charge >= 0.3 is 0 Å². The highest BCUT2D eigenvalue weighted by Crippen LogP contribution is 2.26. The quantitative estimate of drug-likeness (QED) is 0.800. The Balaban J connectivity index is 2.18. The Labute approximate surface area is 127 Å². The van der Waals surface area contributed by atoms with Gasteiger partial charge in [-0.1, -0.05) is 31.2 Å². The Morgan fingerprint density at radius 3 is 2.52 bits per heavy atom. The van der Waals surface area contributed by atoms with Crippen molar-refractivity contribution < 1.29 is 9.15 Å². The molecule has 21 heavy (non-hydrogen) atoms. The van der Waals surface area contributed by atoms with Gasteiger partial charge in [-0.2, -0.15) is 0 Å². The lowest BCUT2D eigenvalue weighted by atomic mass is 10.00. The van der Waals surface area contributed by atoms with Gasteiger partial charge in [0.05, 0.1) is 18.9 Å². The summed E-state index contributed by atoms with van der Waals surface area (Å²) < 4.78 is 10.8. The summed E-state index contributed by atoms with van der Waals surface area (Å²) in [6, 6.07) is 10.8. The van der Waals surface area contributed by atoms with Crippen LogP contribution in [0.25, 0.3) is 0 Å². The van der Waals surface area contributed by atoms with Gasteiger partial charge in [0, 0.05) is 7.11 Å². The molecule has 0 aliphatic carbocycles. The molecule has 114 valence electrons. The highest BCUT2D eigenvalue weighted by molar-refractivity contribution is 5.32. The third-order valence-corrected chi connectivity index (χ3v) is 3.67. The molecule has 1 atom stereocenters. The van der Waals surface area contributed by atoms with Gasteiger partial charge in [0.1, 0.15) is 5.76 Å². The SMILES string of the molecule is CCCNC(c1ccc(CCOC)cc1)c1occc1C. The van der Waals surface area contributed by atoms with Crippen LogP contribution >= 0.6 is 0 Å². The van der Waals surface area contributed by atoms with Crippen LogP contribution < -0.4 is 5.32 Å². The maximum atomic E-state index is 5.69. The predicted molar refractivity (Wildman–Crippen MR) is 85.6 cm³/mol. The van der Waals surface area contributed by atoms with Gasteiger partial charge in [0.2, 0.25) is 0 Å². The number of hydrogen-bond acceptors (Lipinski definition) is 3. The highest BCUT2D eigenvalue weighted by atomic mass is 16.5. The van der Waals surface area contributed by atoms with Gasteiger partial charge in [-0.15, -0.1) is 0 Å². The first kappa shape index (κ1) is 15.8. The average molecular weight is 287 g/mol. The number of benzene rings is 1. The third-order valence-electron chi connectivity index (χ3n) is 3.67. The molecule has 1 heterocycles. The van der Waals surface area contributed by atoms with E-state index < -0.39 is 0 Å². The summed E-state index contributed by atoms with van der Waals surface area (Å²) in [7, 11) is 1.73. The van der Waals surface area contributed by atoms with Gasteiger partial charge in [-0.05, 0) is 49.1 Å². The van der Waals surface area contributed by atoms with Crippen LogP contribution in [0.4, 0.5) is 0 Å². The summed E-state index contributed by atoms with van der Waals surface area (Å²) in [4.78, 5) is 0. The van der Waals surface area contributed by atoms with E-state index in [1.165, 1.54) is 16.7 Å². The molecule has 2 aromatic rings. The predicted octanol–water partition coefficient (Wildman–Crippen LogP) is 3.87. The van der Waals surface area contributed by atoms with Crippen LogP contribution in [0.5, 0.6) is 0 Å². The molecule has 0 radical (unpaired) electrons. The third kappa shape index (κ3) is 4.19. The molecule has 3 heteroatoms. The first-order chi connectivity index (χ1) is 10.3. The lowest BCUT2D eigenvalue weighted by Crippen LogP contribution is -2.23. The summed E-state index contributed by atoms with van der Waals surface area (Å²) in [5.41, 5.74) is 3.72. The minimum Gasteiger partial charge on any atom is -0.467 e. The van der Waals surface area contributed by atoms with Crippen LogP contribution in [-0.4, -0.2) is 20.3 Å². The molecule has 0 aliphatic rings. The van der Waals surface area contributed by atoms with E-state index in [1.807, 2.05) is 6.07 Å². The lowest BCUT2D eigenvalue weighted by Gasteiger charge is -2.18. The topological polar surface area (TPSA) is 34.4 Å². The standard InChI is InChI=1S/C18H25NO2/c1-4-11-19-17(18-14(2)9-13-21-18)16-7-5-15(6-8-16)10-12-20-3/h5-9,13,17,19H,4,10-12H2,1-3H3. The molecule has 0 fully saturated rings. The van der Waals surface area contributed by atoms with Gasteiger partial charge < -0.3 is 14.5 Å². The molecule has 2 rings (SSSR count). The summed E-state index contributed by atoms with van der Waals surface area (Å²) in [6.07, 6.45) is 3.81. The van der Waals surface area contributed by atoms with Crippen molar-refractivity contribution in [3.63, 3.8) is 0 Å². The Morgan fingerprint density at radius 2 is 1.95 bits per heavy atom. The molecular formula is C18H25NO2. The maximum absolute atomic E-state index is 5.69. The number of ether oxygens (including phenoxy) is 1. The molecule has 1 unspecified atom stereocenters. The van der Waals surface area contributed by atoms with Crippen molar-refractivity contribution in [3.8, 4) is 0 Å². The van der Waals surface area contributed by atoms with Crippen molar-refractivity contribution in [1.29, 1.82) is 0 Å². The lowest BCUT2D eigenvalue weighted by molar-refractivity contribution is 0.202. The van der Waals surface area contributed by atoms with Crippen LogP contribution in [0.15, 0.2) is 41.0 Å². The largest absolute Gasteiger partial charge is 0.467 e. The van der Waals surface area contributed by atoms with E-state index in [1.54, 1.807) is 13.4 Å². The maximum Gasteiger partial charge on any atom is 0.128 e. The number of hydrogen-bond donors (Lipinski definition) is 1. The van der Waals surface area contributed by atoms with Crippen LogP contribution in [-0.2, 0) is 11.2 Å². The Morgan fingerprint density at radius 1 is 1.19 bits per heavy atom. The molecule has 1 aromatic carbocycles. The van der Waals surface area contributed by atoms with Crippen molar-refractivity contribution in [2.24, 2.45) is 0 Å². The summed E-state index contributed by atoms with van der Waals surface area (Å²) >= 11 is 0. The number of furan rings is 1. The van der Waals surface area contributed by atoms with E-state index in [9.17, 15) is 0 Å². The molecule has 3 nitrogen and oxygen atoms in total. The van der Waals surface area contributed by atoms with E-state index in [0.717, 1.165) is 31.8 Å². The summed E-state index contributed by atoms with van der Waals surface area (Å²) in [5, 5.41) is 3.57. The zero-order valence-corrected chi connectivity index (χ0v) is 13.2. The molecular weight excluding hydrogens is 262 g/mol. The number of rotatable bonds is 8. The highest BCUT2D eigenvalue weighted by Gasteiger charge is 2.18. The van der Waals surface area contributed by atoms with Gasteiger partial charge in [0.15, 0.2) is 0 Å². The van der Waals surface area contributed by atoms with Crippen LogP contribution in [0.1, 0.15) is 41.8 Å². The zero-order valence-electron chi connectivity index (χ0n) is 13.2. The van der Waals surface area contributed by atoms with Gasteiger partial charge in [-0.3, -0.25) is 0 Å². The molecule has 0 aliphatic heterocycles. The minimum atomic E-state index is 0.122. The fourth-order valence-corrected chi connectivity index (χ4v) is 2.43. The Bertz CT molecular complexity index is 530. The van der Waals surface area contributed by atoms with Crippen molar-refractivity contribution in [2.75, 3.05) is 20.3 Å². The van der Waals surface area contributed by atoms with Crippen LogP contribution in [0.3, 0.4) is 0 Å². The van der Waals surface area contributed by atoms with E-state index in [2.05, 4.69) is 43.4 Å². The van der Waals surface area contributed by atoms with E-state index in [0.29, 0.717) is 0 Å². The average Bonchev–Trinajstić information content (AvgIpc) is 2.93. The fourth-order valence-electron chi connectivity index (χ4n) is 2.43. The second-order valence-electron chi connectivity index (χ2n) is 5.34. The first-order valence-corrected chi connectivity index (χ1v) is 7.61. The van der Waals surface area contributed by atoms with E-state index in [4.69, 9.17) is 9.15 Å². The molecule has 0 saturated heterocycles. The number of nitrogens with one attached hydrogen (secondary N) is 1.